The van der Waals surface area contributed by atoms with E-state index in [1.807, 2.05) is 36.4 Å². The highest BCUT2D eigenvalue weighted by atomic mass is 19.1. The minimum atomic E-state index is -0.834. The summed E-state index contributed by atoms with van der Waals surface area (Å²) >= 11 is 0. The molecular weight excluding hydrogens is 437 g/mol. The van der Waals surface area contributed by atoms with Gasteiger partial charge in [0, 0.05) is 23.5 Å². The van der Waals surface area contributed by atoms with Gasteiger partial charge in [-0.05, 0) is 18.2 Å². The van der Waals surface area contributed by atoms with Gasteiger partial charge < -0.3 is 10.3 Å². The smallest absolute Gasteiger partial charge is 0.313 e. The molecule has 0 fully saturated rings. The van der Waals surface area contributed by atoms with E-state index in [0.717, 1.165) is 16.3 Å². The van der Waals surface area contributed by atoms with Crippen molar-refractivity contribution in [2.45, 2.75) is 6.54 Å². The SMILES string of the molecule is O=C(Nc1c(-c2ccccc2)nc2ccccn12)c1c[nH]c(=O)n(Cc2ccccc2F)c1=O. The zero-order valence-corrected chi connectivity index (χ0v) is 17.7. The maximum atomic E-state index is 14.1. The number of hydrogen-bond donors (Lipinski definition) is 2. The Bertz CT molecular complexity index is 1640. The number of hydrogen-bond acceptors (Lipinski definition) is 4. The highest BCUT2D eigenvalue weighted by Crippen LogP contribution is 2.28. The lowest BCUT2D eigenvalue weighted by Gasteiger charge is -2.10. The van der Waals surface area contributed by atoms with E-state index < -0.39 is 23.0 Å². The third kappa shape index (κ3) is 3.79. The first-order valence-corrected chi connectivity index (χ1v) is 10.4. The average molecular weight is 455 g/mol. The Balaban J connectivity index is 1.56. The van der Waals surface area contributed by atoms with Gasteiger partial charge in [-0.25, -0.2) is 14.2 Å². The van der Waals surface area contributed by atoms with E-state index in [4.69, 9.17) is 0 Å². The molecule has 0 unspecified atom stereocenters. The number of carbonyl (C=O) groups excluding carboxylic acids is 1. The zero-order valence-electron chi connectivity index (χ0n) is 17.7. The van der Waals surface area contributed by atoms with Gasteiger partial charge in [0.1, 0.15) is 28.5 Å². The van der Waals surface area contributed by atoms with Crippen molar-refractivity contribution >= 4 is 17.4 Å². The van der Waals surface area contributed by atoms with Gasteiger partial charge in [-0.2, -0.15) is 0 Å². The second kappa shape index (κ2) is 8.62. The average Bonchev–Trinajstić information content (AvgIpc) is 3.21. The van der Waals surface area contributed by atoms with Crippen molar-refractivity contribution in [3.05, 3.63) is 123 Å². The molecule has 0 atom stereocenters. The maximum Gasteiger partial charge on any atom is 0.328 e. The van der Waals surface area contributed by atoms with Crippen LogP contribution in [0.4, 0.5) is 10.2 Å². The van der Waals surface area contributed by atoms with Crippen LogP contribution in [0, 0.1) is 5.82 Å². The highest BCUT2D eigenvalue weighted by Gasteiger charge is 2.20. The van der Waals surface area contributed by atoms with Crippen LogP contribution in [0.2, 0.25) is 0 Å². The number of aromatic nitrogens is 4. The number of anilines is 1. The zero-order chi connectivity index (χ0) is 23.7. The number of pyridine rings is 1. The quantitative estimate of drug-likeness (QED) is 0.425. The van der Waals surface area contributed by atoms with Crippen LogP contribution in [0.3, 0.4) is 0 Å². The summed E-state index contributed by atoms with van der Waals surface area (Å²) in [5.74, 6) is -0.911. The Hall–Kier alpha value is -4.79. The minimum Gasteiger partial charge on any atom is -0.313 e. The molecule has 0 saturated carbocycles. The number of benzene rings is 2. The van der Waals surface area contributed by atoms with Gasteiger partial charge in [0.2, 0.25) is 0 Å². The van der Waals surface area contributed by atoms with Crippen molar-refractivity contribution in [3.8, 4) is 11.3 Å². The molecule has 34 heavy (non-hydrogen) atoms. The van der Waals surface area contributed by atoms with Crippen LogP contribution in [-0.2, 0) is 6.54 Å². The monoisotopic (exact) mass is 455 g/mol. The number of halogens is 1. The molecule has 5 rings (SSSR count). The molecule has 2 N–H and O–H groups in total. The minimum absolute atomic E-state index is 0.154. The van der Waals surface area contributed by atoms with Crippen molar-refractivity contribution in [1.29, 1.82) is 0 Å². The molecule has 9 heteroatoms. The third-order valence-electron chi connectivity index (χ3n) is 5.40. The van der Waals surface area contributed by atoms with Gasteiger partial charge in [0.15, 0.2) is 0 Å². The Kier molecular flexibility index (Phi) is 5.35. The molecule has 0 aliphatic carbocycles. The molecule has 0 spiro atoms. The Labute approximate surface area is 192 Å². The van der Waals surface area contributed by atoms with Crippen LogP contribution in [0.5, 0.6) is 0 Å². The Morgan fingerprint density at radius 3 is 2.50 bits per heavy atom. The predicted molar refractivity (Wildman–Crippen MR) is 125 cm³/mol. The number of carbonyl (C=O) groups is 1. The summed E-state index contributed by atoms with van der Waals surface area (Å²) in [5, 5.41) is 2.76. The largest absolute Gasteiger partial charge is 0.328 e. The van der Waals surface area contributed by atoms with Crippen LogP contribution in [0.1, 0.15) is 15.9 Å². The number of aromatic amines is 1. The number of H-pyrrole nitrogens is 1. The van der Waals surface area contributed by atoms with Gasteiger partial charge in [-0.15, -0.1) is 0 Å². The first-order chi connectivity index (χ1) is 16.5. The predicted octanol–water partition coefficient (Wildman–Crippen LogP) is 3.29. The molecule has 168 valence electrons. The molecule has 0 saturated heterocycles. The number of fused-ring (bicyclic) bond motifs is 1. The number of amides is 1. The van der Waals surface area contributed by atoms with Crippen LogP contribution in [0.15, 0.2) is 94.8 Å². The molecule has 0 aliphatic heterocycles. The summed E-state index contributed by atoms with van der Waals surface area (Å²) in [7, 11) is 0. The van der Waals surface area contributed by atoms with E-state index in [2.05, 4.69) is 15.3 Å². The fourth-order valence-corrected chi connectivity index (χ4v) is 3.70. The maximum absolute atomic E-state index is 14.1. The molecule has 2 aromatic carbocycles. The fraction of sp³-hybridized carbons (Fsp3) is 0.0400. The summed E-state index contributed by atoms with van der Waals surface area (Å²) in [4.78, 5) is 45.5. The van der Waals surface area contributed by atoms with E-state index in [9.17, 15) is 18.8 Å². The molecule has 3 aromatic heterocycles. The summed E-state index contributed by atoms with van der Waals surface area (Å²) in [6.07, 6.45) is 2.80. The molecule has 5 aromatic rings. The van der Waals surface area contributed by atoms with Crippen LogP contribution in [0.25, 0.3) is 16.9 Å². The number of imidazole rings is 1. The van der Waals surface area contributed by atoms with Crippen molar-refractivity contribution in [2.75, 3.05) is 5.32 Å². The van der Waals surface area contributed by atoms with Gasteiger partial charge in [0.25, 0.3) is 11.5 Å². The fourth-order valence-electron chi connectivity index (χ4n) is 3.70. The summed E-state index contributed by atoms with van der Waals surface area (Å²) in [5.41, 5.74) is 0.192. The molecule has 1 amide bonds. The lowest BCUT2D eigenvalue weighted by atomic mass is 10.1. The molecule has 0 bridgehead atoms. The number of nitrogens with zero attached hydrogens (tertiary/aromatic N) is 3. The third-order valence-corrected chi connectivity index (χ3v) is 5.40. The van der Waals surface area contributed by atoms with E-state index in [0.29, 0.717) is 17.2 Å². The molecule has 0 aliphatic rings. The molecule has 8 nitrogen and oxygen atoms in total. The number of nitrogens with one attached hydrogen (secondary N) is 2. The second-order valence-electron chi connectivity index (χ2n) is 7.55. The van der Waals surface area contributed by atoms with Crippen molar-refractivity contribution in [3.63, 3.8) is 0 Å². The normalized spacial score (nSPS) is 11.0. The highest BCUT2D eigenvalue weighted by molar-refractivity contribution is 6.05. The molecule has 3 heterocycles. The van der Waals surface area contributed by atoms with E-state index in [-0.39, 0.29) is 17.7 Å². The van der Waals surface area contributed by atoms with Crippen molar-refractivity contribution < 1.29 is 9.18 Å². The topological polar surface area (TPSA) is 101 Å². The lowest BCUT2D eigenvalue weighted by molar-refractivity contribution is 0.102. The van der Waals surface area contributed by atoms with Crippen molar-refractivity contribution in [2.24, 2.45) is 0 Å². The van der Waals surface area contributed by atoms with Crippen LogP contribution < -0.4 is 16.6 Å². The van der Waals surface area contributed by atoms with E-state index in [1.165, 1.54) is 18.2 Å². The lowest BCUT2D eigenvalue weighted by Crippen LogP contribution is -2.39. The standard InChI is InChI=1S/C25H18FN5O3/c26-19-11-5-4-10-17(19)15-31-24(33)18(14-27-25(31)34)23(32)29-22-21(16-8-2-1-3-9-16)28-20-12-6-7-13-30(20)22/h1-14H,15H2,(H,27,34)(H,29,32). The van der Waals surface area contributed by atoms with Crippen LogP contribution in [-0.4, -0.2) is 24.8 Å². The van der Waals surface area contributed by atoms with Gasteiger partial charge >= 0.3 is 5.69 Å². The summed E-state index contributed by atoms with van der Waals surface area (Å²) in [6, 6.07) is 20.5. The van der Waals surface area contributed by atoms with Crippen LogP contribution >= 0.6 is 0 Å². The Morgan fingerprint density at radius 2 is 1.71 bits per heavy atom. The molecule has 0 radical (unpaired) electrons. The summed E-state index contributed by atoms with van der Waals surface area (Å²) in [6.45, 7) is -0.313. The number of rotatable bonds is 5. The Morgan fingerprint density at radius 1 is 0.971 bits per heavy atom. The van der Waals surface area contributed by atoms with Gasteiger partial charge in [-0.3, -0.25) is 18.6 Å². The summed E-state index contributed by atoms with van der Waals surface area (Å²) < 4.78 is 16.6. The van der Waals surface area contributed by atoms with E-state index >= 15 is 0 Å². The van der Waals surface area contributed by atoms with Gasteiger partial charge in [-0.1, -0.05) is 54.6 Å². The second-order valence-corrected chi connectivity index (χ2v) is 7.55. The molecular formula is C25H18FN5O3. The van der Waals surface area contributed by atoms with Gasteiger partial charge in [0.05, 0.1) is 6.54 Å². The first-order valence-electron chi connectivity index (χ1n) is 10.4. The van der Waals surface area contributed by atoms with E-state index in [1.54, 1.807) is 28.8 Å². The first kappa shape index (κ1) is 21.1. The van der Waals surface area contributed by atoms with Crippen molar-refractivity contribution in [1.82, 2.24) is 18.9 Å².